The van der Waals surface area contributed by atoms with Crippen molar-refractivity contribution in [1.82, 2.24) is 9.97 Å². The number of nitrogen functional groups attached to an aromatic ring is 1. The second-order valence-electron chi connectivity index (χ2n) is 5.92. The van der Waals surface area contributed by atoms with Crippen LogP contribution in [0.3, 0.4) is 0 Å². The van der Waals surface area contributed by atoms with Gasteiger partial charge >= 0.3 is 0 Å². The molecule has 0 aliphatic carbocycles. The second-order valence-corrected chi connectivity index (χ2v) is 6.31. The van der Waals surface area contributed by atoms with E-state index in [1.54, 1.807) is 6.07 Å². The molecule has 0 saturated carbocycles. The van der Waals surface area contributed by atoms with Gasteiger partial charge in [-0.1, -0.05) is 41.4 Å². The maximum atomic E-state index is 6.03. The Kier molecular flexibility index (Phi) is 4.98. The maximum absolute atomic E-state index is 6.03. The number of anilines is 2. The van der Waals surface area contributed by atoms with Gasteiger partial charge < -0.3 is 15.8 Å². The summed E-state index contributed by atoms with van der Waals surface area (Å²) in [5.41, 5.74) is 8.11. The number of rotatable bonds is 4. The van der Waals surface area contributed by atoms with E-state index in [0.29, 0.717) is 16.9 Å². The fraction of sp³-hybridized carbons (Fsp3) is 0.412. The van der Waals surface area contributed by atoms with Gasteiger partial charge in [0.25, 0.3) is 0 Å². The van der Waals surface area contributed by atoms with Gasteiger partial charge in [0.1, 0.15) is 11.0 Å². The third-order valence-corrected chi connectivity index (χ3v) is 4.30. The molecule has 1 saturated heterocycles. The van der Waals surface area contributed by atoms with Crippen LogP contribution < -0.4 is 11.1 Å². The van der Waals surface area contributed by atoms with Crippen LogP contribution in [0.5, 0.6) is 0 Å². The fourth-order valence-corrected chi connectivity index (χ4v) is 3.13. The lowest BCUT2D eigenvalue weighted by Gasteiger charge is -2.32. The third-order valence-electron chi connectivity index (χ3n) is 4.11. The van der Waals surface area contributed by atoms with Crippen molar-refractivity contribution < 1.29 is 4.74 Å². The lowest BCUT2D eigenvalue weighted by atomic mass is 9.89. The molecule has 2 unspecified atom stereocenters. The number of ether oxygens (including phenoxy) is 1. The highest BCUT2D eigenvalue weighted by molar-refractivity contribution is 6.29. The monoisotopic (exact) mass is 332 g/mol. The van der Waals surface area contributed by atoms with Crippen molar-refractivity contribution in [2.75, 3.05) is 24.2 Å². The summed E-state index contributed by atoms with van der Waals surface area (Å²) in [4.78, 5) is 8.03. The largest absolute Gasteiger partial charge is 0.373 e. The van der Waals surface area contributed by atoms with Gasteiger partial charge in [0.15, 0.2) is 0 Å². The minimum atomic E-state index is 0.103. The Morgan fingerprint density at radius 1 is 1.30 bits per heavy atom. The Hall–Kier alpha value is -1.85. The summed E-state index contributed by atoms with van der Waals surface area (Å²) in [6.07, 6.45) is 2.29. The first-order valence-corrected chi connectivity index (χ1v) is 8.22. The average Bonchev–Trinajstić information content (AvgIpc) is 2.53. The highest BCUT2D eigenvalue weighted by atomic mass is 35.5. The van der Waals surface area contributed by atoms with E-state index >= 15 is 0 Å². The van der Waals surface area contributed by atoms with Crippen molar-refractivity contribution in [3.05, 3.63) is 46.6 Å². The van der Waals surface area contributed by atoms with Gasteiger partial charge in [-0.2, -0.15) is 4.98 Å². The number of hydrogen-bond donors (Lipinski definition) is 2. The highest BCUT2D eigenvalue weighted by Crippen LogP contribution is 2.34. The van der Waals surface area contributed by atoms with Gasteiger partial charge in [0.05, 0.1) is 6.10 Å². The van der Waals surface area contributed by atoms with Gasteiger partial charge in [-0.15, -0.1) is 0 Å². The van der Waals surface area contributed by atoms with Crippen molar-refractivity contribution in [1.29, 1.82) is 0 Å². The molecule has 0 radical (unpaired) electrons. The van der Waals surface area contributed by atoms with Crippen molar-refractivity contribution in [2.45, 2.75) is 25.9 Å². The Bertz CT molecular complexity index is 642. The van der Waals surface area contributed by atoms with Crippen molar-refractivity contribution >= 4 is 23.4 Å². The molecule has 0 amide bonds. The third kappa shape index (κ3) is 4.12. The molecular weight excluding hydrogens is 312 g/mol. The van der Waals surface area contributed by atoms with E-state index in [-0.39, 0.29) is 12.1 Å². The summed E-state index contributed by atoms with van der Waals surface area (Å²) in [5, 5.41) is 3.65. The summed E-state index contributed by atoms with van der Waals surface area (Å²) < 4.78 is 6.03. The normalized spacial score (nSPS) is 21.1. The molecule has 5 nitrogen and oxygen atoms in total. The molecule has 3 rings (SSSR count). The van der Waals surface area contributed by atoms with Crippen LogP contribution in [-0.4, -0.2) is 23.1 Å². The predicted octanol–water partition coefficient (Wildman–Crippen LogP) is 3.60. The predicted molar refractivity (Wildman–Crippen MR) is 92.5 cm³/mol. The van der Waals surface area contributed by atoms with Crippen molar-refractivity contribution in [3.63, 3.8) is 0 Å². The number of aryl methyl sites for hydroxylation is 1. The Morgan fingerprint density at radius 3 is 2.83 bits per heavy atom. The molecule has 1 aromatic carbocycles. The molecule has 1 aliphatic heterocycles. The molecule has 1 aliphatic rings. The van der Waals surface area contributed by atoms with E-state index in [4.69, 9.17) is 22.1 Å². The molecular formula is C17H21ClN4O. The quantitative estimate of drug-likeness (QED) is 0.837. The first kappa shape index (κ1) is 16.0. The number of nitrogens with zero attached hydrogens (tertiary/aromatic N) is 2. The zero-order valence-electron chi connectivity index (χ0n) is 13.1. The summed E-state index contributed by atoms with van der Waals surface area (Å²) >= 11 is 5.92. The van der Waals surface area contributed by atoms with Crippen LogP contribution in [0.15, 0.2) is 30.3 Å². The van der Waals surface area contributed by atoms with E-state index in [0.717, 1.165) is 26.0 Å². The first-order chi connectivity index (χ1) is 11.1. The van der Waals surface area contributed by atoms with Crippen LogP contribution in [0.2, 0.25) is 5.15 Å². The molecule has 6 heteroatoms. The van der Waals surface area contributed by atoms with E-state index in [2.05, 4.69) is 46.5 Å². The number of nitrogens with one attached hydrogen (secondary N) is 1. The van der Waals surface area contributed by atoms with E-state index in [1.807, 2.05) is 0 Å². The number of benzene rings is 1. The van der Waals surface area contributed by atoms with E-state index < -0.39 is 0 Å². The number of hydrogen-bond acceptors (Lipinski definition) is 5. The van der Waals surface area contributed by atoms with Crippen molar-refractivity contribution in [2.24, 2.45) is 5.92 Å². The van der Waals surface area contributed by atoms with Crippen LogP contribution in [0.25, 0.3) is 0 Å². The molecule has 1 fully saturated rings. The fourth-order valence-electron chi connectivity index (χ4n) is 2.94. The molecule has 1 aromatic heterocycles. The molecule has 0 bridgehead atoms. The van der Waals surface area contributed by atoms with Crippen LogP contribution in [0, 0.1) is 12.8 Å². The SMILES string of the molecule is Cc1ccc(C2OCCCC2CNc2cc(Cl)nc(N)n2)cc1. The minimum absolute atomic E-state index is 0.103. The molecule has 2 atom stereocenters. The summed E-state index contributed by atoms with van der Waals surface area (Å²) in [6.45, 7) is 3.65. The van der Waals surface area contributed by atoms with Crippen molar-refractivity contribution in [3.8, 4) is 0 Å². The van der Waals surface area contributed by atoms with E-state index in [1.165, 1.54) is 11.1 Å². The van der Waals surface area contributed by atoms with Crippen LogP contribution >= 0.6 is 11.6 Å². The summed E-state index contributed by atoms with van der Waals surface area (Å²) in [5.74, 6) is 1.20. The number of aromatic nitrogens is 2. The van der Waals surface area contributed by atoms with Gasteiger partial charge in [-0.05, 0) is 25.3 Å². The second kappa shape index (κ2) is 7.15. The first-order valence-electron chi connectivity index (χ1n) is 7.84. The Labute approximate surface area is 141 Å². The maximum Gasteiger partial charge on any atom is 0.223 e. The van der Waals surface area contributed by atoms with E-state index in [9.17, 15) is 0 Å². The molecule has 0 spiro atoms. The number of halogens is 1. The van der Waals surface area contributed by atoms with Gasteiger partial charge in [-0.25, -0.2) is 4.98 Å². The molecule has 23 heavy (non-hydrogen) atoms. The Balaban J connectivity index is 1.70. The van der Waals surface area contributed by atoms with Crippen LogP contribution in [0.1, 0.15) is 30.1 Å². The van der Waals surface area contributed by atoms with Gasteiger partial charge in [0.2, 0.25) is 5.95 Å². The molecule has 2 aromatic rings. The van der Waals surface area contributed by atoms with Crippen LogP contribution in [-0.2, 0) is 4.74 Å². The average molecular weight is 333 g/mol. The van der Waals surface area contributed by atoms with Gasteiger partial charge in [0, 0.05) is 25.1 Å². The highest BCUT2D eigenvalue weighted by Gasteiger charge is 2.27. The lowest BCUT2D eigenvalue weighted by molar-refractivity contribution is -0.0238. The summed E-state index contributed by atoms with van der Waals surface area (Å²) in [7, 11) is 0. The Morgan fingerprint density at radius 2 is 2.09 bits per heavy atom. The molecule has 122 valence electrons. The lowest BCUT2D eigenvalue weighted by Crippen LogP contribution is -2.28. The number of nitrogens with two attached hydrogens (primary N) is 1. The molecule has 3 N–H and O–H groups in total. The summed E-state index contributed by atoms with van der Waals surface area (Å²) in [6, 6.07) is 10.2. The topological polar surface area (TPSA) is 73.1 Å². The zero-order valence-corrected chi connectivity index (χ0v) is 13.9. The standard InChI is InChI=1S/C17H21ClN4O/c1-11-4-6-12(7-5-11)16-13(3-2-8-23-16)10-20-15-9-14(18)21-17(19)22-15/h4-7,9,13,16H,2-3,8,10H2,1H3,(H3,19,20,21,22). The van der Waals surface area contributed by atoms with Gasteiger partial charge in [-0.3, -0.25) is 0 Å². The minimum Gasteiger partial charge on any atom is -0.373 e. The zero-order chi connectivity index (χ0) is 16.2. The smallest absolute Gasteiger partial charge is 0.223 e. The molecule has 2 heterocycles. The van der Waals surface area contributed by atoms with Crippen LogP contribution in [0.4, 0.5) is 11.8 Å².